The number of carbonyl (C=O) groups excluding carboxylic acids is 1. The van der Waals surface area contributed by atoms with E-state index < -0.39 is 8.25 Å². The van der Waals surface area contributed by atoms with E-state index in [1.807, 2.05) is 0 Å². The first-order chi connectivity index (χ1) is 5.54. The Hall–Kier alpha value is -0.770. The van der Waals surface area contributed by atoms with E-state index >= 15 is 0 Å². The molecule has 0 aromatic heterocycles. The van der Waals surface area contributed by atoms with Crippen LogP contribution < -0.4 is 10.2 Å². The van der Waals surface area contributed by atoms with Crippen LogP contribution in [0.2, 0.25) is 0 Å². The van der Waals surface area contributed by atoms with E-state index in [9.17, 15) is 14.3 Å². The molecule has 0 rings (SSSR count). The molecule has 0 saturated heterocycles. The summed E-state index contributed by atoms with van der Waals surface area (Å²) in [6.07, 6.45) is 0. The number of carbonyl (C=O) groups is 1. The molecule has 0 aromatic rings. The first-order valence-electron chi connectivity index (χ1n) is 3.25. The molecule has 68 valence electrons. The molecular formula is C6H10NO4P. The van der Waals surface area contributed by atoms with E-state index in [-0.39, 0.29) is 19.1 Å². The summed E-state index contributed by atoms with van der Waals surface area (Å²) >= 11 is 0. The Labute approximate surface area is 71.4 Å². The minimum atomic E-state index is -2.82. The van der Waals surface area contributed by atoms with Gasteiger partial charge in [0.25, 0.3) is 0 Å². The molecule has 12 heavy (non-hydrogen) atoms. The van der Waals surface area contributed by atoms with Crippen molar-refractivity contribution in [2.75, 3.05) is 13.2 Å². The largest absolute Gasteiger partial charge is 0.566 e. The van der Waals surface area contributed by atoms with Crippen molar-refractivity contribution in [3.05, 3.63) is 12.2 Å². The normalized spacial score (nSPS) is 10.7. The zero-order valence-electron chi connectivity index (χ0n) is 6.70. The summed E-state index contributed by atoms with van der Waals surface area (Å²) in [4.78, 5) is 20.6. The molecule has 1 amide bonds. The maximum Gasteiger partial charge on any atom is 0.488 e. The van der Waals surface area contributed by atoms with Gasteiger partial charge in [-0.2, -0.15) is 0 Å². The van der Waals surface area contributed by atoms with Crippen LogP contribution >= 0.6 is 8.25 Å². The maximum atomic E-state index is 10.8. The summed E-state index contributed by atoms with van der Waals surface area (Å²) in [7, 11) is -2.82. The zero-order valence-corrected chi connectivity index (χ0v) is 7.60. The third-order valence-corrected chi connectivity index (χ3v) is 1.37. The van der Waals surface area contributed by atoms with Crippen LogP contribution in [0.1, 0.15) is 6.92 Å². The summed E-state index contributed by atoms with van der Waals surface area (Å²) in [6.45, 7) is 5.07. The van der Waals surface area contributed by atoms with Crippen molar-refractivity contribution in [2.24, 2.45) is 0 Å². The fourth-order valence-corrected chi connectivity index (χ4v) is 0.676. The Morgan fingerprint density at radius 1 is 1.75 bits per heavy atom. The molecule has 1 atom stereocenters. The third-order valence-electron chi connectivity index (χ3n) is 0.972. The minimum Gasteiger partial charge on any atom is -0.566 e. The molecular weight excluding hydrogens is 181 g/mol. The number of rotatable bonds is 5. The smallest absolute Gasteiger partial charge is 0.488 e. The summed E-state index contributed by atoms with van der Waals surface area (Å²) in [5, 5.41) is 2.41. The summed E-state index contributed by atoms with van der Waals surface area (Å²) in [6, 6.07) is 0. The lowest BCUT2D eigenvalue weighted by Crippen LogP contribution is -2.27. The van der Waals surface area contributed by atoms with Crippen molar-refractivity contribution in [1.82, 2.24) is 5.32 Å². The lowest BCUT2D eigenvalue weighted by Gasteiger charge is -2.00. The molecule has 0 aromatic carbocycles. The SMILES string of the molecule is C=C(C)C(=O)NCCO[P+](=O)[O-]. The second-order valence-electron chi connectivity index (χ2n) is 2.09. The highest BCUT2D eigenvalue weighted by Gasteiger charge is 2.03. The van der Waals surface area contributed by atoms with Gasteiger partial charge in [0, 0.05) is 12.1 Å². The van der Waals surface area contributed by atoms with Gasteiger partial charge in [-0.3, -0.25) is 4.79 Å². The molecule has 0 spiro atoms. The predicted molar refractivity (Wildman–Crippen MR) is 41.4 cm³/mol. The van der Waals surface area contributed by atoms with Crippen LogP contribution in [0.5, 0.6) is 0 Å². The minimum absolute atomic E-state index is 0.0439. The van der Waals surface area contributed by atoms with E-state index in [1.54, 1.807) is 6.92 Å². The van der Waals surface area contributed by atoms with Crippen molar-refractivity contribution in [3.8, 4) is 0 Å². The van der Waals surface area contributed by atoms with Gasteiger partial charge in [0.2, 0.25) is 5.91 Å². The Kier molecular flexibility index (Phi) is 5.45. The van der Waals surface area contributed by atoms with Crippen molar-refractivity contribution in [1.29, 1.82) is 0 Å². The van der Waals surface area contributed by atoms with Crippen LogP contribution in [0.25, 0.3) is 0 Å². The molecule has 0 heterocycles. The molecule has 0 aliphatic heterocycles. The second kappa shape index (κ2) is 5.83. The highest BCUT2D eigenvalue weighted by Crippen LogP contribution is 2.06. The fourth-order valence-electron chi connectivity index (χ4n) is 0.436. The van der Waals surface area contributed by atoms with Gasteiger partial charge >= 0.3 is 8.25 Å². The predicted octanol–water partition coefficient (Wildman–Crippen LogP) is -0.287. The third kappa shape index (κ3) is 5.97. The van der Waals surface area contributed by atoms with E-state index in [4.69, 9.17) is 0 Å². The monoisotopic (exact) mass is 191 g/mol. The maximum absolute atomic E-state index is 10.8. The van der Waals surface area contributed by atoms with Crippen LogP contribution in [0.15, 0.2) is 12.2 Å². The molecule has 0 aliphatic rings. The van der Waals surface area contributed by atoms with E-state index in [0.717, 1.165) is 0 Å². The first-order valence-corrected chi connectivity index (χ1v) is 4.34. The number of hydrogen-bond donors (Lipinski definition) is 1. The van der Waals surface area contributed by atoms with Crippen LogP contribution in [-0.2, 0) is 13.9 Å². The van der Waals surface area contributed by atoms with Gasteiger partial charge in [0.05, 0.1) is 0 Å². The van der Waals surface area contributed by atoms with Gasteiger partial charge in [0.1, 0.15) is 6.61 Å². The molecule has 1 unspecified atom stereocenters. The Bertz CT molecular complexity index is 204. The van der Waals surface area contributed by atoms with E-state index in [0.29, 0.717) is 5.57 Å². The lowest BCUT2D eigenvalue weighted by molar-refractivity contribution is -0.185. The summed E-state index contributed by atoms with van der Waals surface area (Å²) in [5.74, 6) is -0.306. The molecule has 0 aliphatic carbocycles. The lowest BCUT2D eigenvalue weighted by atomic mass is 10.3. The number of hydrogen-bond acceptors (Lipinski definition) is 4. The highest BCUT2D eigenvalue weighted by atomic mass is 31.1. The van der Waals surface area contributed by atoms with Crippen LogP contribution in [0, 0.1) is 0 Å². The van der Waals surface area contributed by atoms with Gasteiger partial charge in [-0.15, -0.1) is 4.52 Å². The molecule has 0 saturated carbocycles. The van der Waals surface area contributed by atoms with Gasteiger partial charge < -0.3 is 10.2 Å². The average Bonchev–Trinajstić information content (AvgIpc) is 1.97. The molecule has 1 N–H and O–H groups in total. The Morgan fingerprint density at radius 3 is 2.75 bits per heavy atom. The Balaban J connectivity index is 3.38. The van der Waals surface area contributed by atoms with Crippen LogP contribution in [0.3, 0.4) is 0 Å². The standard InChI is InChI=1S/C6H10NO4P/c1-5(2)6(8)7-3-4-11-12(9)10/h1,3-4H2,2H3,(H,7,8). The molecule has 0 fully saturated rings. The number of nitrogens with one attached hydrogen (secondary N) is 1. The summed E-state index contributed by atoms with van der Waals surface area (Å²) < 4.78 is 14.0. The Morgan fingerprint density at radius 2 is 2.33 bits per heavy atom. The zero-order chi connectivity index (χ0) is 9.56. The van der Waals surface area contributed by atoms with E-state index in [1.165, 1.54) is 0 Å². The van der Waals surface area contributed by atoms with Crippen LogP contribution in [-0.4, -0.2) is 19.1 Å². The number of amides is 1. The summed E-state index contributed by atoms with van der Waals surface area (Å²) in [5.41, 5.74) is 0.376. The van der Waals surface area contributed by atoms with Crippen molar-refractivity contribution < 1.29 is 18.8 Å². The van der Waals surface area contributed by atoms with Crippen molar-refractivity contribution in [2.45, 2.75) is 6.92 Å². The molecule has 0 radical (unpaired) electrons. The molecule has 5 nitrogen and oxygen atoms in total. The van der Waals surface area contributed by atoms with Gasteiger partial charge in [0.15, 0.2) is 0 Å². The van der Waals surface area contributed by atoms with Gasteiger partial charge in [-0.05, 0) is 11.5 Å². The fraction of sp³-hybridized carbons (Fsp3) is 0.500. The average molecular weight is 191 g/mol. The molecule has 0 bridgehead atoms. The van der Waals surface area contributed by atoms with E-state index in [2.05, 4.69) is 16.4 Å². The molecule has 6 heteroatoms. The quantitative estimate of drug-likeness (QED) is 0.368. The van der Waals surface area contributed by atoms with Crippen molar-refractivity contribution >= 4 is 14.2 Å². The topological polar surface area (TPSA) is 78.5 Å². The second-order valence-corrected chi connectivity index (χ2v) is 2.80. The van der Waals surface area contributed by atoms with Gasteiger partial charge in [-0.25, -0.2) is 0 Å². The van der Waals surface area contributed by atoms with Crippen LogP contribution in [0.4, 0.5) is 0 Å². The van der Waals surface area contributed by atoms with Gasteiger partial charge in [-0.1, -0.05) is 6.58 Å². The first kappa shape index (κ1) is 11.2. The highest BCUT2D eigenvalue weighted by molar-refractivity contribution is 7.30. The van der Waals surface area contributed by atoms with Crippen molar-refractivity contribution in [3.63, 3.8) is 0 Å².